The molecule has 2 aromatic carbocycles. The molecule has 0 spiro atoms. The zero-order valence-corrected chi connectivity index (χ0v) is 18.8. The molecule has 30 heavy (non-hydrogen) atoms. The molecule has 164 valence electrons. The third-order valence-corrected chi connectivity index (χ3v) is 9.46. The molecule has 0 aliphatic carbocycles. The largest absolute Gasteiger partial charge is 0.373 e. The van der Waals surface area contributed by atoms with Gasteiger partial charge in [0, 0.05) is 39.3 Å². The van der Waals surface area contributed by atoms with E-state index in [1.54, 1.807) is 18.2 Å². The van der Waals surface area contributed by atoms with E-state index in [1.807, 2.05) is 38.1 Å². The van der Waals surface area contributed by atoms with Crippen LogP contribution >= 0.6 is 0 Å². The summed E-state index contributed by atoms with van der Waals surface area (Å²) in [5.41, 5.74) is 0. The Bertz CT molecular complexity index is 1120. The molecular weight excluding hydrogens is 426 g/mol. The lowest BCUT2D eigenvalue weighted by Gasteiger charge is -2.40. The highest BCUT2D eigenvalue weighted by atomic mass is 32.2. The molecule has 2 atom stereocenters. The van der Waals surface area contributed by atoms with Crippen LogP contribution < -0.4 is 0 Å². The van der Waals surface area contributed by atoms with Crippen LogP contribution in [0.25, 0.3) is 10.8 Å². The molecule has 2 aliphatic rings. The zero-order chi connectivity index (χ0) is 21.5. The van der Waals surface area contributed by atoms with E-state index in [1.165, 1.54) is 12.9 Å². The summed E-state index contributed by atoms with van der Waals surface area (Å²) in [7, 11) is -7.33. The average molecular weight is 454 g/mol. The van der Waals surface area contributed by atoms with E-state index in [9.17, 15) is 16.8 Å². The summed E-state index contributed by atoms with van der Waals surface area (Å²) in [6.07, 6.45) is -0.337. The van der Waals surface area contributed by atoms with Gasteiger partial charge in [-0.2, -0.15) is 21.3 Å². The molecule has 2 aliphatic heterocycles. The van der Waals surface area contributed by atoms with Crippen molar-refractivity contribution in [3.63, 3.8) is 0 Å². The quantitative estimate of drug-likeness (QED) is 0.700. The third kappa shape index (κ3) is 4.12. The molecule has 0 radical (unpaired) electrons. The van der Waals surface area contributed by atoms with Crippen LogP contribution in [-0.2, 0) is 25.0 Å². The molecule has 0 N–H and O–H groups in total. The third-order valence-electron chi connectivity index (χ3n) is 5.59. The maximum Gasteiger partial charge on any atom is 0.282 e. The van der Waals surface area contributed by atoms with Crippen LogP contribution in [0.3, 0.4) is 0 Å². The van der Waals surface area contributed by atoms with Gasteiger partial charge in [-0.3, -0.25) is 0 Å². The second-order valence-electron chi connectivity index (χ2n) is 7.89. The monoisotopic (exact) mass is 453 g/mol. The number of rotatable bonds is 4. The molecular formula is C20H27N3O5S2. The fraction of sp³-hybridized carbons (Fsp3) is 0.500. The minimum atomic E-state index is -3.69. The van der Waals surface area contributed by atoms with Gasteiger partial charge in [0.15, 0.2) is 0 Å². The number of fused-ring (bicyclic) bond motifs is 1. The Balaban J connectivity index is 1.48. The van der Waals surface area contributed by atoms with Crippen molar-refractivity contribution in [2.24, 2.45) is 0 Å². The van der Waals surface area contributed by atoms with Crippen LogP contribution in [0.5, 0.6) is 0 Å². The summed E-state index contributed by atoms with van der Waals surface area (Å²) in [5.74, 6) is 0. The van der Waals surface area contributed by atoms with E-state index in [2.05, 4.69) is 0 Å². The normalized spacial score (nSPS) is 25.5. The van der Waals surface area contributed by atoms with Gasteiger partial charge in [-0.05, 0) is 36.8 Å². The van der Waals surface area contributed by atoms with Crippen molar-refractivity contribution >= 4 is 31.0 Å². The smallest absolute Gasteiger partial charge is 0.282 e. The van der Waals surface area contributed by atoms with Crippen LogP contribution in [0.15, 0.2) is 47.4 Å². The van der Waals surface area contributed by atoms with Crippen molar-refractivity contribution in [3.05, 3.63) is 42.5 Å². The van der Waals surface area contributed by atoms with Crippen molar-refractivity contribution in [2.75, 3.05) is 39.3 Å². The number of nitrogens with zero attached hydrogens (tertiary/aromatic N) is 3. The van der Waals surface area contributed by atoms with E-state index in [4.69, 9.17) is 4.74 Å². The molecule has 8 nitrogen and oxygen atoms in total. The minimum Gasteiger partial charge on any atom is -0.373 e. The Labute approximate surface area is 178 Å². The first-order valence-electron chi connectivity index (χ1n) is 10.1. The van der Waals surface area contributed by atoms with Gasteiger partial charge < -0.3 is 4.74 Å². The predicted octanol–water partition coefficient (Wildman–Crippen LogP) is 1.50. The Morgan fingerprint density at radius 3 is 1.97 bits per heavy atom. The average Bonchev–Trinajstić information content (AvgIpc) is 2.72. The lowest BCUT2D eigenvalue weighted by Crippen LogP contribution is -2.57. The van der Waals surface area contributed by atoms with Gasteiger partial charge in [-0.1, -0.05) is 30.3 Å². The van der Waals surface area contributed by atoms with Crippen LogP contribution in [0.4, 0.5) is 0 Å². The highest BCUT2D eigenvalue weighted by Crippen LogP contribution is 2.24. The number of sulfonamides is 1. The predicted molar refractivity (Wildman–Crippen MR) is 115 cm³/mol. The standard InChI is InChI=1S/C20H27N3O5S2/c1-16-14-23(15-17(2)28-16)30(26,27)22-11-9-21(10-12-22)29(24,25)20-8-7-18-5-3-4-6-19(18)13-20/h3-8,13,16-17H,9-12,14-15H2,1-2H3/t16-,17+. The summed E-state index contributed by atoms with van der Waals surface area (Å²) in [5, 5.41) is 1.83. The first kappa shape index (κ1) is 21.7. The van der Waals surface area contributed by atoms with E-state index >= 15 is 0 Å². The van der Waals surface area contributed by atoms with Crippen LogP contribution in [0, 0.1) is 0 Å². The molecule has 2 heterocycles. The fourth-order valence-corrected chi connectivity index (χ4v) is 7.31. The van der Waals surface area contributed by atoms with Crippen LogP contribution in [-0.4, -0.2) is 81.2 Å². The van der Waals surface area contributed by atoms with E-state index in [-0.39, 0.29) is 43.3 Å². The van der Waals surface area contributed by atoms with Gasteiger partial charge in [0.05, 0.1) is 17.1 Å². The topological polar surface area (TPSA) is 87.2 Å². The van der Waals surface area contributed by atoms with Gasteiger partial charge in [-0.25, -0.2) is 8.42 Å². The zero-order valence-electron chi connectivity index (χ0n) is 17.1. The molecule has 0 aromatic heterocycles. The van der Waals surface area contributed by atoms with Crippen molar-refractivity contribution in [2.45, 2.75) is 31.0 Å². The second kappa shape index (κ2) is 8.18. The summed E-state index contributed by atoms with van der Waals surface area (Å²) < 4.78 is 62.1. The Kier molecular flexibility index (Phi) is 5.90. The van der Waals surface area contributed by atoms with Crippen molar-refractivity contribution in [1.82, 2.24) is 12.9 Å². The van der Waals surface area contributed by atoms with Gasteiger partial charge in [-0.15, -0.1) is 0 Å². The highest BCUT2D eigenvalue weighted by molar-refractivity contribution is 7.89. The molecule has 0 bridgehead atoms. The Morgan fingerprint density at radius 2 is 1.33 bits per heavy atom. The van der Waals surface area contributed by atoms with Crippen molar-refractivity contribution in [1.29, 1.82) is 0 Å². The Morgan fingerprint density at radius 1 is 0.767 bits per heavy atom. The minimum absolute atomic E-state index is 0.129. The van der Waals surface area contributed by atoms with Crippen molar-refractivity contribution in [3.8, 4) is 0 Å². The van der Waals surface area contributed by atoms with Crippen LogP contribution in [0.2, 0.25) is 0 Å². The van der Waals surface area contributed by atoms with Gasteiger partial charge >= 0.3 is 0 Å². The molecule has 0 amide bonds. The lowest BCUT2D eigenvalue weighted by atomic mass is 10.1. The summed E-state index contributed by atoms with van der Waals surface area (Å²) in [6, 6.07) is 12.7. The molecule has 4 rings (SSSR count). The lowest BCUT2D eigenvalue weighted by molar-refractivity contribution is -0.0456. The van der Waals surface area contributed by atoms with E-state index in [0.717, 1.165) is 10.8 Å². The maximum atomic E-state index is 13.1. The van der Waals surface area contributed by atoms with Gasteiger partial charge in [0.1, 0.15) is 0 Å². The molecule has 0 unspecified atom stereocenters. The van der Waals surface area contributed by atoms with E-state index < -0.39 is 20.2 Å². The molecule has 2 fully saturated rings. The maximum absolute atomic E-state index is 13.1. The Hall–Kier alpha value is -1.56. The van der Waals surface area contributed by atoms with Gasteiger partial charge in [0.2, 0.25) is 10.0 Å². The molecule has 10 heteroatoms. The van der Waals surface area contributed by atoms with Crippen LogP contribution in [0.1, 0.15) is 13.8 Å². The second-order valence-corrected chi connectivity index (χ2v) is 11.8. The molecule has 0 saturated carbocycles. The number of morpholine rings is 1. The number of benzene rings is 2. The SMILES string of the molecule is C[C@@H]1CN(S(=O)(=O)N2CCN(S(=O)(=O)c3ccc4ccccc4c3)CC2)C[C@H](C)O1. The first-order valence-corrected chi connectivity index (χ1v) is 12.9. The van der Waals surface area contributed by atoms with E-state index in [0.29, 0.717) is 13.1 Å². The van der Waals surface area contributed by atoms with Crippen molar-refractivity contribution < 1.29 is 21.6 Å². The molecule has 2 aromatic rings. The fourth-order valence-electron chi connectivity index (χ4n) is 4.10. The number of hydrogen-bond acceptors (Lipinski definition) is 5. The summed E-state index contributed by atoms with van der Waals surface area (Å²) in [6.45, 7) is 4.85. The summed E-state index contributed by atoms with van der Waals surface area (Å²) >= 11 is 0. The summed E-state index contributed by atoms with van der Waals surface area (Å²) in [4.78, 5) is 0.230. The van der Waals surface area contributed by atoms with Gasteiger partial charge in [0.25, 0.3) is 10.2 Å². The number of piperazine rings is 1. The molecule has 2 saturated heterocycles. The first-order chi connectivity index (χ1) is 14.2. The number of hydrogen-bond donors (Lipinski definition) is 0. The number of ether oxygens (including phenoxy) is 1. The highest BCUT2D eigenvalue weighted by Gasteiger charge is 2.38.